The Bertz CT molecular complexity index is 1690. The molecular weight excluding hydrogens is 660 g/mol. The van der Waals surface area contributed by atoms with Crippen molar-refractivity contribution in [2.45, 2.75) is 52.4 Å². The summed E-state index contributed by atoms with van der Waals surface area (Å²) in [6.07, 6.45) is 1.86. The SMILES string of the molecule is CC(C)(C)c1cc(C=Nc2cc3ccccc3cc2[PH+](c2ccccc2)c2ccccc2)c(O)c(C(C)(C)C)c1.[Cl][Ti]([Cl])[Cl]. The fourth-order valence-corrected chi connectivity index (χ4v) is 7.82. The molecule has 0 aliphatic rings. The molecule has 0 amide bonds. The van der Waals surface area contributed by atoms with Crippen molar-refractivity contribution in [3.05, 3.63) is 126 Å². The molecule has 227 valence electrons. The summed E-state index contributed by atoms with van der Waals surface area (Å²) in [6.45, 7) is 13.1. The first kappa shape index (κ1) is 34.7. The molecule has 7 heteroatoms. The van der Waals surface area contributed by atoms with Gasteiger partial charge in [0.25, 0.3) is 0 Å². The van der Waals surface area contributed by atoms with Crippen LogP contribution >= 0.6 is 35.8 Å². The van der Waals surface area contributed by atoms with Gasteiger partial charge in [-0.05, 0) is 69.6 Å². The summed E-state index contributed by atoms with van der Waals surface area (Å²) in [7, 11) is 13.6. The van der Waals surface area contributed by atoms with E-state index < -0.39 is 22.6 Å². The number of aromatic hydroxyl groups is 1. The zero-order valence-corrected chi connectivity index (χ0v) is 30.8. The summed E-state index contributed by atoms with van der Waals surface area (Å²) in [6, 6.07) is 38.8. The van der Waals surface area contributed by atoms with Crippen molar-refractivity contribution in [2.24, 2.45) is 4.99 Å². The van der Waals surface area contributed by atoms with E-state index in [1.165, 1.54) is 26.9 Å². The molecule has 5 aromatic rings. The Morgan fingerprint density at radius 2 is 1.14 bits per heavy atom. The number of aliphatic imine (C=N–C) groups is 1. The second kappa shape index (κ2) is 15.0. The molecule has 0 radical (unpaired) electrons. The molecule has 0 heterocycles. The minimum absolute atomic E-state index is 0.0544. The first-order valence-electron chi connectivity index (χ1n) is 14.5. The molecule has 0 aliphatic heterocycles. The molecule has 0 atom stereocenters. The van der Waals surface area contributed by atoms with Crippen molar-refractivity contribution in [2.75, 3.05) is 0 Å². The van der Waals surface area contributed by atoms with Crippen LogP contribution in [0.3, 0.4) is 0 Å². The fraction of sp³-hybridized carbons (Fsp3) is 0.216. The zero-order chi connectivity index (χ0) is 32.1. The van der Waals surface area contributed by atoms with Crippen LogP contribution in [0.1, 0.15) is 58.2 Å². The molecule has 2 nitrogen and oxygen atoms in total. The fourth-order valence-electron chi connectivity index (χ4n) is 5.12. The van der Waals surface area contributed by atoms with E-state index in [0.29, 0.717) is 5.75 Å². The van der Waals surface area contributed by atoms with Crippen molar-refractivity contribution in [1.29, 1.82) is 0 Å². The zero-order valence-electron chi connectivity index (χ0n) is 26.0. The number of hydrogen-bond acceptors (Lipinski definition) is 2. The minimum atomic E-state index is -1.92. The summed E-state index contributed by atoms with van der Waals surface area (Å²) < 4.78 is 0. The molecule has 0 saturated carbocycles. The van der Waals surface area contributed by atoms with Crippen LogP contribution in [-0.4, -0.2) is 11.3 Å². The molecule has 0 spiro atoms. The molecule has 5 rings (SSSR count). The Kier molecular flexibility index (Phi) is 11.8. The van der Waals surface area contributed by atoms with Gasteiger partial charge in [-0.2, -0.15) is 0 Å². The number of rotatable bonds is 5. The monoisotopic (exact) mass is 697 g/mol. The van der Waals surface area contributed by atoms with Crippen LogP contribution in [0.15, 0.2) is 114 Å². The van der Waals surface area contributed by atoms with Crippen molar-refractivity contribution in [3.63, 3.8) is 0 Å². The van der Waals surface area contributed by atoms with Gasteiger partial charge in [0.05, 0.1) is 0 Å². The third-order valence-electron chi connectivity index (χ3n) is 7.41. The Morgan fingerprint density at radius 1 is 0.659 bits per heavy atom. The van der Waals surface area contributed by atoms with Crippen molar-refractivity contribution in [3.8, 4) is 5.75 Å². The molecule has 0 unspecified atom stereocenters. The first-order valence-corrected chi connectivity index (χ1v) is 22.5. The Balaban J connectivity index is 0.00000104. The van der Waals surface area contributed by atoms with Crippen LogP contribution in [0.5, 0.6) is 5.75 Å². The number of phenolic OH excluding ortho intramolecular Hbond substituents is 1. The van der Waals surface area contributed by atoms with Gasteiger partial charge in [-0.15, -0.1) is 0 Å². The van der Waals surface area contributed by atoms with E-state index in [4.69, 9.17) is 32.9 Å². The van der Waals surface area contributed by atoms with Gasteiger partial charge in [0.15, 0.2) is 0 Å². The number of fused-ring (bicyclic) bond motifs is 1. The second-order valence-corrected chi connectivity index (χ2v) is 22.9. The number of halogens is 3. The standard InChI is InChI=1S/C37H38NOP.3ClH.Ti/c1-36(2,3)29-21-28(35(39)32(24-29)37(4,5)6)25-38-33-22-26-15-13-14-16-27(26)23-34(33)40(30-17-9-7-10-18-30)31-19-11-8-12-20-31;;;;/h7-25,39H,1-6H3;3*1H;/q;;;;+3/p-2. The van der Waals surface area contributed by atoms with E-state index in [0.717, 1.165) is 22.2 Å². The van der Waals surface area contributed by atoms with Crippen molar-refractivity contribution >= 4 is 74.4 Å². The van der Waals surface area contributed by atoms with Gasteiger partial charge in [0.1, 0.15) is 35.3 Å². The molecular formula is C37H39Cl3NOPTi+. The molecule has 5 aromatic carbocycles. The molecule has 0 aliphatic carbocycles. The summed E-state index contributed by atoms with van der Waals surface area (Å²) >= 11 is -1.92. The predicted octanol–water partition coefficient (Wildman–Crippen LogP) is 10.4. The normalized spacial score (nSPS) is 12.0. The first-order chi connectivity index (χ1) is 20.8. The molecule has 1 N–H and O–H groups in total. The Morgan fingerprint density at radius 3 is 1.61 bits per heavy atom. The Hall–Kier alpha value is -2.16. The quantitative estimate of drug-likeness (QED) is 0.111. The maximum atomic E-state index is 11.4. The number of phenols is 1. The second-order valence-electron chi connectivity index (χ2n) is 12.8. The molecule has 0 fully saturated rings. The van der Waals surface area contributed by atoms with E-state index in [-0.39, 0.29) is 10.8 Å². The van der Waals surface area contributed by atoms with Gasteiger partial charge in [0.2, 0.25) is 0 Å². The topological polar surface area (TPSA) is 32.6 Å². The maximum absolute atomic E-state index is 11.4. The van der Waals surface area contributed by atoms with Crippen molar-refractivity contribution < 1.29 is 19.8 Å². The van der Waals surface area contributed by atoms with Gasteiger partial charge >= 0.3 is 42.6 Å². The molecule has 0 aromatic heterocycles. The average molecular weight is 699 g/mol. The molecule has 0 saturated heterocycles. The van der Waals surface area contributed by atoms with Crippen LogP contribution < -0.4 is 15.9 Å². The van der Waals surface area contributed by atoms with E-state index in [9.17, 15) is 5.11 Å². The molecule has 0 bridgehead atoms. The molecule has 44 heavy (non-hydrogen) atoms. The van der Waals surface area contributed by atoms with Crippen LogP contribution in [0.25, 0.3) is 10.8 Å². The number of nitrogens with zero attached hydrogens (tertiary/aromatic N) is 1. The van der Waals surface area contributed by atoms with E-state index in [2.05, 4.69) is 151 Å². The number of hydrogen-bond donors (Lipinski definition) is 1. The van der Waals surface area contributed by atoms with Gasteiger partial charge < -0.3 is 5.11 Å². The third-order valence-corrected chi connectivity index (χ3v) is 10.2. The van der Waals surface area contributed by atoms with Crippen LogP contribution in [0, 0.1) is 0 Å². The summed E-state index contributed by atoms with van der Waals surface area (Å²) in [5, 5.41) is 17.6. The van der Waals surface area contributed by atoms with Gasteiger partial charge in [0, 0.05) is 17.3 Å². The van der Waals surface area contributed by atoms with Gasteiger partial charge in [-0.1, -0.05) is 108 Å². The number of benzene rings is 5. The van der Waals surface area contributed by atoms with Crippen LogP contribution in [0.2, 0.25) is 0 Å². The van der Waals surface area contributed by atoms with Crippen molar-refractivity contribution in [1.82, 2.24) is 0 Å². The van der Waals surface area contributed by atoms with Gasteiger partial charge in [-0.3, -0.25) is 4.99 Å². The summed E-state index contributed by atoms with van der Waals surface area (Å²) in [5.41, 5.74) is 3.58. The van der Waals surface area contributed by atoms with E-state index in [1.54, 1.807) is 0 Å². The predicted molar refractivity (Wildman–Crippen MR) is 194 cm³/mol. The summed E-state index contributed by atoms with van der Waals surface area (Å²) in [5.74, 6) is 0.309. The van der Waals surface area contributed by atoms with E-state index in [1.807, 2.05) is 6.21 Å². The third kappa shape index (κ3) is 8.98. The Labute approximate surface area is 281 Å². The van der Waals surface area contributed by atoms with Crippen LogP contribution in [-0.2, 0) is 25.5 Å². The van der Waals surface area contributed by atoms with E-state index >= 15 is 0 Å². The van der Waals surface area contributed by atoms with Crippen LogP contribution in [0.4, 0.5) is 5.69 Å². The van der Waals surface area contributed by atoms with Gasteiger partial charge in [-0.25, -0.2) is 0 Å². The average Bonchev–Trinajstić information content (AvgIpc) is 2.96. The summed E-state index contributed by atoms with van der Waals surface area (Å²) in [4.78, 5) is 5.15.